The highest BCUT2D eigenvalue weighted by Gasteiger charge is 2.37. The van der Waals surface area contributed by atoms with Crippen LogP contribution in [-0.4, -0.2) is 74.0 Å². The summed E-state index contributed by atoms with van der Waals surface area (Å²) in [5.41, 5.74) is 1.67. The SMILES string of the molecule is C=COCC(=O)N(OCC=O)c1ccc(C)c(NC(=O)OCC(CC)(COC(=O)Nc2cc(C=O)ccc2C)CC(=O)N(O)c2cc(C(=O)CCC)ccc2C)c1. The van der Waals surface area contributed by atoms with Gasteiger partial charge in [0.15, 0.2) is 12.4 Å². The van der Waals surface area contributed by atoms with Gasteiger partial charge in [0.25, 0.3) is 11.8 Å². The summed E-state index contributed by atoms with van der Waals surface area (Å²) in [4.78, 5) is 93.1. The minimum Gasteiger partial charge on any atom is -0.492 e. The lowest BCUT2D eigenvalue weighted by molar-refractivity contribution is -0.130. The van der Waals surface area contributed by atoms with Crippen LogP contribution in [-0.2, 0) is 33.4 Å². The minimum absolute atomic E-state index is 0.0749. The summed E-state index contributed by atoms with van der Waals surface area (Å²) in [6, 6.07) is 13.8. The summed E-state index contributed by atoms with van der Waals surface area (Å²) in [6.45, 7) is 10.1. The molecule has 0 aliphatic carbocycles. The molecule has 0 aliphatic heterocycles. The molecule has 0 heterocycles. The number of aldehydes is 2. The first-order chi connectivity index (χ1) is 27.2. The number of benzene rings is 3. The lowest BCUT2D eigenvalue weighted by Crippen LogP contribution is -2.41. The topological polar surface area (TPSA) is 207 Å². The molecule has 304 valence electrons. The number of ketones is 1. The number of nitrogens with zero attached hydrogens (tertiary/aromatic N) is 2. The van der Waals surface area contributed by atoms with Gasteiger partial charge in [-0.1, -0.05) is 50.8 Å². The zero-order chi connectivity index (χ0) is 42.1. The van der Waals surface area contributed by atoms with E-state index in [0.29, 0.717) is 57.6 Å². The fourth-order valence-electron chi connectivity index (χ4n) is 5.42. The molecule has 1 atom stereocenters. The highest BCUT2D eigenvalue weighted by atomic mass is 16.7. The van der Waals surface area contributed by atoms with Gasteiger partial charge >= 0.3 is 12.2 Å². The average molecular weight is 789 g/mol. The van der Waals surface area contributed by atoms with Gasteiger partial charge in [0.2, 0.25) is 0 Å². The predicted octanol–water partition coefficient (Wildman–Crippen LogP) is 7.04. The van der Waals surface area contributed by atoms with Crippen LogP contribution < -0.4 is 20.8 Å². The molecule has 4 amide bonds. The summed E-state index contributed by atoms with van der Waals surface area (Å²) >= 11 is 0. The minimum atomic E-state index is -1.40. The van der Waals surface area contributed by atoms with Crippen molar-refractivity contribution in [2.75, 3.05) is 47.2 Å². The van der Waals surface area contributed by atoms with Gasteiger partial charge < -0.3 is 19.0 Å². The Hall–Kier alpha value is -6.39. The van der Waals surface area contributed by atoms with Crippen molar-refractivity contribution in [2.45, 2.75) is 60.3 Å². The number of hydroxylamine groups is 2. The number of carbonyl (C=O) groups excluding carboxylic acids is 7. The largest absolute Gasteiger partial charge is 0.492 e. The van der Waals surface area contributed by atoms with E-state index in [2.05, 4.69) is 17.2 Å². The summed E-state index contributed by atoms with van der Waals surface area (Å²) < 4.78 is 16.2. The maximum absolute atomic E-state index is 13.8. The molecule has 16 heteroatoms. The summed E-state index contributed by atoms with van der Waals surface area (Å²) in [5, 5.41) is 17.6. The van der Waals surface area contributed by atoms with Crippen LogP contribution in [0.3, 0.4) is 0 Å². The maximum atomic E-state index is 13.8. The third-order valence-electron chi connectivity index (χ3n) is 8.92. The van der Waals surface area contributed by atoms with Gasteiger partial charge in [0, 0.05) is 40.8 Å². The number of amides is 4. The Kier molecular flexibility index (Phi) is 17.1. The number of rotatable bonds is 21. The van der Waals surface area contributed by atoms with Crippen molar-refractivity contribution in [3.63, 3.8) is 0 Å². The average Bonchev–Trinajstić information content (AvgIpc) is 3.20. The molecule has 0 bridgehead atoms. The Balaban J connectivity index is 1.89. The number of Topliss-reactive ketones (excluding diaryl/α,β-unsaturated/α-hetero) is 1. The Labute approximate surface area is 330 Å². The number of hydrogen-bond donors (Lipinski definition) is 3. The fraction of sp³-hybridized carbons (Fsp3) is 0.341. The molecular formula is C41H48N4O12. The van der Waals surface area contributed by atoms with Crippen LogP contribution in [0.2, 0.25) is 0 Å². The zero-order valence-corrected chi connectivity index (χ0v) is 32.6. The van der Waals surface area contributed by atoms with E-state index in [1.165, 1.54) is 24.3 Å². The van der Waals surface area contributed by atoms with Gasteiger partial charge in [0.1, 0.15) is 32.4 Å². The molecule has 3 aromatic rings. The summed E-state index contributed by atoms with van der Waals surface area (Å²) in [6.07, 6.45) is 0.741. The van der Waals surface area contributed by atoms with Crippen LogP contribution in [0.4, 0.5) is 32.3 Å². The first-order valence-electron chi connectivity index (χ1n) is 18.0. The summed E-state index contributed by atoms with van der Waals surface area (Å²) in [7, 11) is 0. The molecule has 1 unspecified atom stereocenters. The van der Waals surface area contributed by atoms with Crippen LogP contribution in [0, 0.1) is 26.2 Å². The Morgan fingerprint density at radius 3 is 2.02 bits per heavy atom. The van der Waals surface area contributed by atoms with E-state index >= 15 is 0 Å². The Morgan fingerprint density at radius 2 is 1.44 bits per heavy atom. The van der Waals surface area contributed by atoms with Gasteiger partial charge in [-0.2, -0.15) is 10.1 Å². The van der Waals surface area contributed by atoms with Crippen molar-refractivity contribution in [2.24, 2.45) is 5.41 Å². The lowest BCUT2D eigenvalue weighted by Gasteiger charge is -2.32. The standard InChI is InChI=1S/C41H48N4O12/c1-7-10-36(48)31-15-12-29(6)35(20-31)44(53)37(49)22-41(8-2,25-55-39(51)42-33-19-30(23-47)14-11-27(33)4)26-56-40(52)43-34-21-32(16-13-28(34)5)45(57-18-17-46)38(50)24-54-9-3/h9,11-17,19-21,23,53H,3,7-8,10,18,22,24-26H2,1-2,4-6H3,(H,42,51)(H,43,52). The molecule has 0 aromatic heterocycles. The Morgan fingerprint density at radius 1 is 0.825 bits per heavy atom. The zero-order valence-electron chi connectivity index (χ0n) is 32.6. The van der Waals surface area contributed by atoms with E-state index in [9.17, 15) is 38.8 Å². The molecule has 0 spiro atoms. The number of hydrogen-bond acceptors (Lipinski definition) is 12. The van der Waals surface area contributed by atoms with Crippen molar-refractivity contribution in [3.05, 3.63) is 95.3 Å². The third kappa shape index (κ3) is 12.8. The van der Waals surface area contributed by atoms with Gasteiger partial charge in [-0.3, -0.25) is 39.9 Å². The molecule has 3 N–H and O–H groups in total. The monoisotopic (exact) mass is 788 g/mol. The van der Waals surface area contributed by atoms with Crippen LogP contribution in [0.5, 0.6) is 0 Å². The normalized spacial score (nSPS) is 11.6. The van der Waals surface area contributed by atoms with Crippen molar-refractivity contribution in [1.29, 1.82) is 0 Å². The van der Waals surface area contributed by atoms with Crippen molar-refractivity contribution < 1.29 is 57.8 Å². The number of carbonyl (C=O) groups is 7. The fourth-order valence-corrected chi connectivity index (χ4v) is 5.42. The second kappa shape index (κ2) is 21.6. The molecule has 0 radical (unpaired) electrons. The van der Waals surface area contributed by atoms with Crippen LogP contribution in [0.25, 0.3) is 0 Å². The number of ether oxygens (including phenoxy) is 3. The van der Waals surface area contributed by atoms with Gasteiger partial charge in [-0.05, 0) is 74.6 Å². The second-order valence-corrected chi connectivity index (χ2v) is 13.1. The molecule has 0 saturated heterocycles. The predicted molar refractivity (Wildman–Crippen MR) is 210 cm³/mol. The van der Waals surface area contributed by atoms with E-state index < -0.39 is 62.3 Å². The van der Waals surface area contributed by atoms with E-state index in [0.717, 1.165) is 11.3 Å². The van der Waals surface area contributed by atoms with Crippen LogP contribution >= 0.6 is 0 Å². The smallest absolute Gasteiger partial charge is 0.411 e. The second-order valence-electron chi connectivity index (χ2n) is 13.1. The molecule has 0 fully saturated rings. The van der Waals surface area contributed by atoms with E-state index in [-0.39, 0.29) is 35.7 Å². The first-order valence-corrected chi connectivity index (χ1v) is 18.0. The molecule has 0 saturated carbocycles. The van der Waals surface area contributed by atoms with Gasteiger partial charge in [-0.25, -0.2) is 9.59 Å². The highest BCUT2D eigenvalue weighted by Crippen LogP contribution is 2.32. The van der Waals surface area contributed by atoms with Crippen molar-refractivity contribution in [1.82, 2.24) is 0 Å². The Bertz CT molecular complexity index is 1970. The van der Waals surface area contributed by atoms with Crippen LogP contribution in [0.15, 0.2) is 67.4 Å². The molecule has 3 rings (SSSR count). The number of nitrogens with one attached hydrogen (secondary N) is 2. The van der Waals surface area contributed by atoms with E-state index in [1.807, 2.05) is 6.92 Å². The quantitative estimate of drug-likeness (QED) is 0.0327. The molecule has 16 nitrogen and oxygen atoms in total. The van der Waals surface area contributed by atoms with Gasteiger partial charge in [0.05, 0.1) is 17.6 Å². The highest BCUT2D eigenvalue weighted by molar-refractivity contribution is 5.99. The number of anilines is 4. The van der Waals surface area contributed by atoms with E-state index in [1.54, 1.807) is 58.0 Å². The van der Waals surface area contributed by atoms with Crippen molar-refractivity contribution >= 4 is 65.1 Å². The van der Waals surface area contributed by atoms with Crippen molar-refractivity contribution in [3.8, 4) is 0 Å². The van der Waals surface area contributed by atoms with E-state index in [4.69, 9.17) is 19.0 Å². The van der Waals surface area contributed by atoms with Gasteiger partial charge in [-0.15, -0.1) is 0 Å². The molecular weight excluding hydrogens is 740 g/mol. The lowest BCUT2D eigenvalue weighted by atomic mass is 9.83. The summed E-state index contributed by atoms with van der Waals surface area (Å²) in [5.74, 6) is -1.67. The number of aryl methyl sites for hydroxylation is 3. The molecule has 3 aromatic carbocycles. The first kappa shape index (κ1) is 45.0. The maximum Gasteiger partial charge on any atom is 0.411 e. The molecule has 57 heavy (non-hydrogen) atoms. The van der Waals surface area contributed by atoms with Crippen LogP contribution in [0.1, 0.15) is 76.9 Å². The third-order valence-corrected chi connectivity index (χ3v) is 8.92. The molecule has 0 aliphatic rings.